The molecule has 0 aliphatic carbocycles. The summed E-state index contributed by atoms with van der Waals surface area (Å²) in [7, 11) is 0. The van der Waals surface area contributed by atoms with Crippen LogP contribution in [0.2, 0.25) is 5.02 Å². The predicted octanol–water partition coefficient (Wildman–Crippen LogP) is 5.21. The van der Waals surface area contributed by atoms with Gasteiger partial charge in [-0.1, -0.05) is 35.9 Å². The second-order valence-electron chi connectivity index (χ2n) is 5.92. The SMILES string of the molecule is OC(c1ccc(-n2cccc2)cc1)c1c[nH]cc1-c1ccc(Cl)cc1. The number of hydrogen-bond acceptors (Lipinski definition) is 1. The number of aliphatic hydroxyl groups is 1. The molecule has 2 N–H and O–H groups in total. The summed E-state index contributed by atoms with van der Waals surface area (Å²) < 4.78 is 2.03. The zero-order chi connectivity index (χ0) is 17.2. The molecule has 0 radical (unpaired) electrons. The van der Waals surface area contributed by atoms with E-state index in [0.29, 0.717) is 5.02 Å². The highest BCUT2D eigenvalue weighted by Crippen LogP contribution is 2.32. The van der Waals surface area contributed by atoms with Gasteiger partial charge in [0.1, 0.15) is 6.10 Å². The van der Waals surface area contributed by atoms with Crippen LogP contribution in [0.1, 0.15) is 17.2 Å². The molecule has 25 heavy (non-hydrogen) atoms. The number of aromatic amines is 1. The van der Waals surface area contributed by atoms with Gasteiger partial charge in [-0.25, -0.2) is 0 Å². The Morgan fingerprint density at radius 1 is 0.880 bits per heavy atom. The van der Waals surface area contributed by atoms with Crippen LogP contribution in [0, 0.1) is 0 Å². The Morgan fingerprint density at radius 3 is 2.24 bits per heavy atom. The fraction of sp³-hybridized carbons (Fsp3) is 0.0476. The standard InChI is InChI=1S/C21H17ClN2O/c22-17-7-3-15(4-8-17)19-13-23-14-20(19)21(25)16-5-9-18(10-6-16)24-11-1-2-12-24/h1-14,21,23,25H. The number of benzene rings is 2. The number of H-pyrrole nitrogens is 1. The third kappa shape index (κ3) is 3.12. The van der Waals surface area contributed by atoms with Crippen LogP contribution in [0.15, 0.2) is 85.5 Å². The van der Waals surface area contributed by atoms with Gasteiger partial charge in [0.2, 0.25) is 0 Å². The first kappa shape index (κ1) is 15.8. The molecule has 0 saturated carbocycles. The van der Waals surface area contributed by atoms with Crippen molar-refractivity contribution in [3.63, 3.8) is 0 Å². The van der Waals surface area contributed by atoms with Gasteiger partial charge in [0.25, 0.3) is 0 Å². The lowest BCUT2D eigenvalue weighted by Gasteiger charge is -2.13. The van der Waals surface area contributed by atoms with E-state index >= 15 is 0 Å². The summed E-state index contributed by atoms with van der Waals surface area (Å²) in [4.78, 5) is 3.10. The second kappa shape index (κ2) is 6.63. The Balaban J connectivity index is 1.64. The second-order valence-corrected chi connectivity index (χ2v) is 6.35. The van der Waals surface area contributed by atoms with E-state index in [2.05, 4.69) is 4.98 Å². The molecule has 3 nitrogen and oxygen atoms in total. The van der Waals surface area contributed by atoms with Crippen LogP contribution in [-0.4, -0.2) is 14.7 Å². The zero-order valence-corrected chi connectivity index (χ0v) is 14.2. The molecule has 0 aliphatic heterocycles. The molecule has 1 unspecified atom stereocenters. The van der Waals surface area contributed by atoms with Gasteiger partial charge in [0.05, 0.1) is 0 Å². The van der Waals surface area contributed by atoms with E-state index in [-0.39, 0.29) is 0 Å². The summed E-state index contributed by atoms with van der Waals surface area (Å²) in [6, 6.07) is 19.5. The van der Waals surface area contributed by atoms with Gasteiger partial charge < -0.3 is 14.7 Å². The van der Waals surface area contributed by atoms with Crippen LogP contribution in [0.25, 0.3) is 16.8 Å². The highest BCUT2D eigenvalue weighted by atomic mass is 35.5. The van der Waals surface area contributed by atoms with Crippen molar-refractivity contribution in [3.05, 3.63) is 102 Å². The van der Waals surface area contributed by atoms with Crippen LogP contribution in [0.3, 0.4) is 0 Å². The predicted molar refractivity (Wildman–Crippen MR) is 101 cm³/mol. The van der Waals surface area contributed by atoms with Crippen LogP contribution < -0.4 is 0 Å². The van der Waals surface area contributed by atoms with Gasteiger partial charge in [-0.15, -0.1) is 0 Å². The third-order valence-corrected chi connectivity index (χ3v) is 4.59. The van der Waals surface area contributed by atoms with E-state index < -0.39 is 6.10 Å². The van der Waals surface area contributed by atoms with Gasteiger partial charge in [-0.3, -0.25) is 0 Å². The maximum Gasteiger partial charge on any atom is 0.106 e. The third-order valence-electron chi connectivity index (χ3n) is 4.34. The van der Waals surface area contributed by atoms with Crippen molar-refractivity contribution in [2.24, 2.45) is 0 Å². The molecule has 0 amide bonds. The summed E-state index contributed by atoms with van der Waals surface area (Å²) in [6.45, 7) is 0. The smallest absolute Gasteiger partial charge is 0.106 e. The van der Waals surface area contributed by atoms with E-state index in [1.807, 2.05) is 90.0 Å². The van der Waals surface area contributed by atoms with E-state index in [1.165, 1.54) is 0 Å². The van der Waals surface area contributed by atoms with E-state index in [9.17, 15) is 5.11 Å². The van der Waals surface area contributed by atoms with Crippen LogP contribution in [0.5, 0.6) is 0 Å². The number of aliphatic hydroxyl groups excluding tert-OH is 1. The lowest BCUT2D eigenvalue weighted by Crippen LogP contribution is -2.00. The maximum absolute atomic E-state index is 10.8. The van der Waals surface area contributed by atoms with Crippen LogP contribution >= 0.6 is 11.6 Å². The summed E-state index contributed by atoms with van der Waals surface area (Å²) >= 11 is 5.97. The van der Waals surface area contributed by atoms with Crippen LogP contribution in [-0.2, 0) is 0 Å². The Kier molecular flexibility index (Phi) is 4.18. The van der Waals surface area contributed by atoms with E-state index in [0.717, 1.165) is 27.9 Å². The molecule has 0 saturated heterocycles. The van der Waals surface area contributed by atoms with Gasteiger partial charge >= 0.3 is 0 Å². The van der Waals surface area contributed by atoms with Gasteiger partial charge in [0, 0.05) is 46.6 Å². The highest BCUT2D eigenvalue weighted by molar-refractivity contribution is 6.30. The molecule has 0 bridgehead atoms. The van der Waals surface area contributed by atoms with Gasteiger partial charge in [-0.05, 0) is 47.5 Å². The van der Waals surface area contributed by atoms with Gasteiger partial charge in [0.15, 0.2) is 0 Å². The molecule has 2 aromatic heterocycles. The van der Waals surface area contributed by atoms with E-state index in [4.69, 9.17) is 11.6 Å². The fourth-order valence-corrected chi connectivity index (χ4v) is 3.12. The van der Waals surface area contributed by atoms with E-state index in [1.54, 1.807) is 0 Å². The molecule has 0 spiro atoms. The summed E-state index contributed by atoms with van der Waals surface area (Å²) in [5.74, 6) is 0. The minimum atomic E-state index is -0.698. The quantitative estimate of drug-likeness (QED) is 0.522. The Hall–Kier alpha value is -2.75. The molecule has 2 heterocycles. The first-order valence-electron chi connectivity index (χ1n) is 8.06. The average Bonchev–Trinajstić information content (AvgIpc) is 3.34. The molecular formula is C21H17ClN2O. The van der Waals surface area contributed by atoms with Gasteiger partial charge in [-0.2, -0.15) is 0 Å². The topological polar surface area (TPSA) is 41.0 Å². The zero-order valence-electron chi connectivity index (χ0n) is 13.4. The molecule has 4 aromatic rings. The molecular weight excluding hydrogens is 332 g/mol. The summed E-state index contributed by atoms with van der Waals surface area (Å²) in [5, 5.41) is 11.5. The monoisotopic (exact) mass is 348 g/mol. The molecule has 124 valence electrons. The lowest BCUT2D eigenvalue weighted by atomic mass is 9.96. The molecule has 4 heteroatoms. The van der Waals surface area contributed by atoms with Crippen molar-refractivity contribution in [2.45, 2.75) is 6.10 Å². The number of halogens is 1. The fourth-order valence-electron chi connectivity index (χ4n) is 3.00. The molecule has 2 aromatic carbocycles. The van der Waals surface area contributed by atoms with Crippen molar-refractivity contribution < 1.29 is 5.11 Å². The average molecular weight is 349 g/mol. The summed E-state index contributed by atoms with van der Waals surface area (Å²) in [5.41, 5.74) is 4.75. The van der Waals surface area contributed by atoms with Crippen molar-refractivity contribution in [1.29, 1.82) is 0 Å². The Bertz CT molecular complexity index is 954. The molecule has 0 aliphatic rings. The number of hydrogen-bond donors (Lipinski definition) is 2. The minimum absolute atomic E-state index is 0.696. The Morgan fingerprint density at radius 2 is 1.56 bits per heavy atom. The van der Waals surface area contributed by atoms with Crippen molar-refractivity contribution in [2.75, 3.05) is 0 Å². The molecule has 0 fully saturated rings. The number of aromatic nitrogens is 2. The molecule has 4 rings (SSSR count). The normalized spacial score (nSPS) is 12.2. The number of rotatable bonds is 4. The largest absolute Gasteiger partial charge is 0.384 e. The maximum atomic E-state index is 10.8. The molecule has 1 atom stereocenters. The minimum Gasteiger partial charge on any atom is -0.384 e. The summed E-state index contributed by atoms with van der Waals surface area (Å²) in [6.07, 6.45) is 7.03. The van der Waals surface area contributed by atoms with Crippen molar-refractivity contribution in [1.82, 2.24) is 9.55 Å². The first-order chi connectivity index (χ1) is 12.2. The Labute approximate surface area is 151 Å². The van der Waals surface area contributed by atoms with Crippen molar-refractivity contribution in [3.8, 4) is 16.8 Å². The van der Waals surface area contributed by atoms with Crippen molar-refractivity contribution >= 4 is 11.6 Å². The van der Waals surface area contributed by atoms with Crippen LogP contribution in [0.4, 0.5) is 0 Å². The first-order valence-corrected chi connectivity index (χ1v) is 8.44. The number of nitrogens with zero attached hydrogens (tertiary/aromatic N) is 1. The highest BCUT2D eigenvalue weighted by Gasteiger charge is 2.16. The number of nitrogens with one attached hydrogen (secondary N) is 1. The lowest BCUT2D eigenvalue weighted by molar-refractivity contribution is 0.221.